The second-order valence-electron chi connectivity index (χ2n) is 5.97. The van der Waals surface area contributed by atoms with Gasteiger partial charge in [-0.1, -0.05) is 23.7 Å². The lowest BCUT2D eigenvalue weighted by Gasteiger charge is -2.12. The SMILES string of the molecule is COC(=O)[C@@H](O)CCn1c(Sc2ncc(C(F)(F)F)cc2Cl)nc2ccccc21. The van der Waals surface area contributed by atoms with Gasteiger partial charge in [0.15, 0.2) is 11.3 Å². The number of pyridine rings is 1. The predicted molar refractivity (Wildman–Crippen MR) is 101 cm³/mol. The molecule has 3 rings (SSSR count). The maximum absolute atomic E-state index is 12.8. The van der Waals surface area contributed by atoms with E-state index in [1.165, 1.54) is 7.11 Å². The number of benzene rings is 1. The number of nitrogens with zero attached hydrogens (tertiary/aromatic N) is 3. The smallest absolute Gasteiger partial charge is 0.417 e. The van der Waals surface area contributed by atoms with Gasteiger partial charge in [0.2, 0.25) is 0 Å². The number of aryl methyl sites for hydroxylation is 1. The van der Waals surface area contributed by atoms with Crippen molar-refractivity contribution in [1.82, 2.24) is 14.5 Å². The summed E-state index contributed by atoms with van der Waals surface area (Å²) in [4.78, 5) is 19.7. The van der Waals surface area contributed by atoms with Crippen LogP contribution in [-0.4, -0.2) is 38.8 Å². The van der Waals surface area contributed by atoms with E-state index in [0.717, 1.165) is 23.3 Å². The number of methoxy groups -OCH3 is 1. The molecular formula is C18H15ClF3N3O3S. The molecule has 29 heavy (non-hydrogen) atoms. The fourth-order valence-corrected chi connectivity index (χ4v) is 3.76. The third kappa shape index (κ3) is 4.82. The molecule has 154 valence electrons. The van der Waals surface area contributed by atoms with E-state index in [-0.39, 0.29) is 23.0 Å². The molecule has 2 heterocycles. The van der Waals surface area contributed by atoms with E-state index >= 15 is 0 Å². The molecule has 0 fully saturated rings. The van der Waals surface area contributed by atoms with Crippen molar-refractivity contribution < 1.29 is 27.8 Å². The van der Waals surface area contributed by atoms with Gasteiger partial charge in [-0.3, -0.25) is 0 Å². The highest BCUT2D eigenvalue weighted by Crippen LogP contribution is 2.37. The molecule has 3 aromatic rings. The van der Waals surface area contributed by atoms with Gasteiger partial charge in [-0.15, -0.1) is 0 Å². The maximum Gasteiger partial charge on any atom is 0.417 e. The van der Waals surface area contributed by atoms with Crippen LogP contribution in [0.5, 0.6) is 0 Å². The molecule has 0 saturated heterocycles. The first-order valence-corrected chi connectivity index (χ1v) is 9.52. The standard InChI is InChI=1S/C18H15ClF3N3O3S/c1-28-16(27)14(26)6-7-25-13-5-3-2-4-12(13)24-17(25)29-15-11(19)8-10(9-23-15)18(20,21)22/h2-5,8-9,14,26H,6-7H2,1H3/t14-/m0/s1. The largest absolute Gasteiger partial charge is 0.467 e. The topological polar surface area (TPSA) is 77.2 Å². The van der Waals surface area contributed by atoms with Crippen LogP contribution in [0.2, 0.25) is 5.02 Å². The quantitative estimate of drug-likeness (QED) is 0.574. The summed E-state index contributed by atoms with van der Waals surface area (Å²) in [5, 5.41) is 10.3. The Bertz CT molecular complexity index is 1040. The molecular weight excluding hydrogens is 431 g/mol. The van der Waals surface area contributed by atoms with Crippen LogP contribution in [0.25, 0.3) is 11.0 Å². The zero-order valence-corrected chi connectivity index (χ0v) is 16.6. The van der Waals surface area contributed by atoms with Crippen molar-refractivity contribution in [3.05, 3.63) is 47.1 Å². The predicted octanol–water partition coefficient (Wildman–Crippen LogP) is 4.18. The highest BCUT2D eigenvalue weighted by molar-refractivity contribution is 7.99. The molecule has 0 bridgehead atoms. The lowest BCUT2D eigenvalue weighted by Crippen LogP contribution is -2.23. The zero-order chi connectivity index (χ0) is 21.2. The van der Waals surface area contributed by atoms with Crippen molar-refractivity contribution in [2.75, 3.05) is 7.11 Å². The summed E-state index contributed by atoms with van der Waals surface area (Å²) in [6.07, 6.45) is -5.08. The first kappa shape index (κ1) is 21.4. The molecule has 0 amide bonds. The summed E-state index contributed by atoms with van der Waals surface area (Å²) < 4.78 is 44.7. The Labute approximate surface area is 172 Å². The lowest BCUT2D eigenvalue weighted by molar-refractivity contribution is -0.150. The number of halogens is 4. The summed E-state index contributed by atoms with van der Waals surface area (Å²) in [5.74, 6) is -0.754. The minimum atomic E-state index is -4.54. The number of alkyl halides is 3. The van der Waals surface area contributed by atoms with E-state index in [2.05, 4.69) is 14.7 Å². The van der Waals surface area contributed by atoms with Crippen molar-refractivity contribution in [1.29, 1.82) is 0 Å². The van der Waals surface area contributed by atoms with Gasteiger partial charge in [0.1, 0.15) is 5.03 Å². The number of aliphatic hydroxyl groups excluding tert-OH is 1. The number of imidazole rings is 1. The third-order valence-corrected chi connectivity index (χ3v) is 5.45. The summed E-state index contributed by atoms with van der Waals surface area (Å²) in [6, 6.07) is 7.98. The number of esters is 1. The molecule has 0 aliphatic rings. The molecule has 0 saturated carbocycles. The Morgan fingerprint density at radius 3 is 2.76 bits per heavy atom. The third-order valence-electron chi connectivity index (χ3n) is 4.04. The lowest BCUT2D eigenvalue weighted by atomic mass is 10.2. The van der Waals surface area contributed by atoms with Crippen LogP contribution >= 0.6 is 23.4 Å². The zero-order valence-electron chi connectivity index (χ0n) is 15.0. The van der Waals surface area contributed by atoms with E-state index in [1.807, 2.05) is 0 Å². The number of carbonyl (C=O) groups is 1. The first-order valence-electron chi connectivity index (χ1n) is 8.32. The summed E-state index contributed by atoms with van der Waals surface area (Å²) in [7, 11) is 1.18. The number of hydrogen-bond donors (Lipinski definition) is 1. The van der Waals surface area contributed by atoms with Crippen LogP contribution in [-0.2, 0) is 22.3 Å². The number of rotatable bonds is 6. The Balaban J connectivity index is 1.92. The number of fused-ring (bicyclic) bond motifs is 1. The second-order valence-corrected chi connectivity index (χ2v) is 7.34. The fraction of sp³-hybridized carbons (Fsp3) is 0.278. The minimum absolute atomic E-state index is 0.0642. The maximum atomic E-state index is 12.8. The number of ether oxygens (including phenoxy) is 1. The van der Waals surface area contributed by atoms with Crippen molar-refractivity contribution in [2.45, 2.75) is 35.4 Å². The van der Waals surface area contributed by atoms with E-state index in [9.17, 15) is 23.1 Å². The molecule has 0 radical (unpaired) electrons. The highest BCUT2D eigenvalue weighted by atomic mass is 35.5. The summed E-state index contributed by atoms with van der Waals surface area (Å²) in [5.41, 5.74) is 0.433. The highest BCUT2D eigenvalue weighted by Gasteiger charge is 2.32. The molecule has 11 heteroatoms. The molecule has 1 N–H and O–H groups in total. The van der Waals surface area contributed by atoms with Gasteiger partial charge in [-0.2, -0.15) is 13.2 Å². The van der Waals surface area contributed by atoms with Crippen molar-refractivity contribution in [3.63, 3.8) is 0 Å². The molecule has 1 atom stereocenters. The molecule has 2 aromatic heterocycles. The van der Waals surface area contributed by atoms with Gasteiger partial charge in [0.25, 0.3) is 0 Å². The molecule has 6 nitrogen and oxygen atoms in total. The van der Waals surface area contributed by atoms with Crippen molar-refractivity contribution in [2.24, 2.45) is 0 Å². The van der Waals surface area contributed by atoms with Gasteiger partial charge in [0, 0.05) is 19.2 Å². The number of carbonyl (C=O) groups excluding carboxylic acids is 1. The fourth-order valence-electron chi connectivity index (χ4n) is 2.59. The molecule has 0 aliphatic heterocycles. The Morgan fingerprint density at radius 1 is 1.38 bits per heavy atom. The van der Waals surface area contributed by atoms with E-state index in [1.54, 1.807) is 28.8 Å². The van der Waals surface area contributed by atoms with E-state index < -0.39 is 23.8 Å². The number of aromatic nitrogens is 3. The van der Waals surface area contributed by atoms with Gasteiger partial charge in [-0.05, 0) is 30.0 Å². The minimum Gasteiger partial charge on any atom is -0.467 e. The van der Waals surface area contributed by atoms with E-state index in [4.69, 9.17) is 11.6 Å². The van der Waals surface area contributed by atoms with Gasteiger partial charge in [0.05, 0.1) is 28.7 Å². The Hall–Kier alpha value is -2.30. The van der Waals surface area contributed by atoms with Crippen LogP contribution in [0.15, 0.2) is 46.7 Å². The van der Waals surface area contributed by atoms with Gasteiger partial charge < -0.3 is 14.4 Å². The van der Waals surface area contributed by atoms with Crippen molar-refractivity contribution >= 4 is 40.4 Å². The Kier molecular flexibility index (Phi) is 6.35. The first-order chi connectivity index (χ1) is 13.7. The second kappa shape index (κ2) is 8.60. The summed E-state index contributed by atoms with van der Waals surface area (Å²) in [6.45, 7) is 0.220. The molecule has 1 aromatic carbocycles. The average Bonchev–Trinajstić information content (AvgIpc) is 3.03. The van der Waals surface area contributed by atoms with Crippen LogP contribution in [0.1, 0.15) is 12.0 Å². The van der Waals surface area contributed by atoms with Gasteiger partial charge in [-0.25, -0.2) is 14.8 Å². The van der Waals surface area contributed by atoms with Crippen LogP contribution in [0.4, 0.5) is 13.2 Å². The summed E-state index contributed by atoms with van der Waals surface area (Å²) >= 11 is 7.00. The molecule has 0 spiro atoms. The molecule has 0 unspecified atom stereocenters. The number of hydrogen-bond acceptors (Lipinski definition) is 6. The van der Waals surface area contributed by atoms with Crippen LogP contribution < -0.4 is 0 Å². The number of para-hydroxylation sites is 2. The Morgan fingerprint density at radius 2 is 2.10 bits per heavy atom. The number of aliphatic hydroxyl groups is 1. The van der Waals surface area contributed by atoms with Crippen LogP contribution in [0, 0.1) is 0 Å². The van der Waals surface area contributed by atoms with E-state index in [0.29, 0.717) is 16.9 Å². The normalized spacial score (nSPS) is 12.9. The van der Waals surface area contributed by atoms with Gasteiger partial charge >= 0.3 is 12.1 Å². The van der Waals surface area contributed by atoms with Crippen LogP contribution in [0.3, 0.4) is 0 Å². The molecule has 0 aliphatic carbocycles. The monoisotopic (exact) mass is 445 g/mol. The van der Waals surface area contributed by atoms with Crippen molar-refractivity contribution in [3.8, 4) is 0 Å². The average molecular weight is 446 g/mol.